The Morgan fingerprint density at radius 2 is 1.80 bits per heavy atom. The van der Waals surface area contributed by atoms with Crippen LogP contribution in [0.1, 0.15) is 5.56 Å². The van der Waals surface area contributed by atoms with Gasteiger partial charge in [-0.1, -0.05) is 17.7 Å². The summed E-state index contributed by atoms with van der Waals surface area (Å²) in [7, 11) is 0. The van der Waals surface area contributed by atoms with E-state index in [0.29, 0.717) is 5.69 Å². The summed E-state index contributed by atoms with van der Waals surface area (Å²) in [6.07, 6.45) is 1.38. The SMILES string of the molecule is Cc1ccc(NC(=O)C(=O)NC#N)cc1. The van der Waals surface area contributed by atoms with Crippen LogP contribution in [-0.2, 0) is 9.59 Å². The summed E-state index contributed by atoms with van der Waals surface area (Å²) in [5, 5.41) is 12.2. The van der Waals surface area contributed by atoms with Crippen molar-refractivity contribution >= 4 is 17.5 Å². The van der Waals surface area contributed by atoms with Crippen molar-refractivity contribution in [2.75, 3.05) is 5.32 Å². The fraction of sp³-hybridized carbons (Fsp3) is 0.100. The zero-order valence-electron chi connectivity index (χ0n) is 8.07. The van der Waals surface area contributed by atoms with E-state index in [0.717, 1.165) is 5.56 Å². The third-order valence-corrected chi connectivity index (χ3v) is 1.69. The summed E-state index contributed by atoms with van der Waals surface area (Å²) in [5.41, 5.74) is 1.56. The number of nitrogens with one attached hydrogen (secondary N) is 2. The van der Waals surface area contributed by atoms with Gasteiger partial charge in [0.05, 0.1) is 0 Å². The lowest BCUT2D eigenvalue weighted by molar-refractivity contribution is -0.135. The minimum atomic E-state index is -0.974. The average Bonchev–Trinajstić information content (AvgIpc) is 2.22. The zero-order chi connectivity index (χ0) is 11.3. The van der Waals surface area contributed by atoms with Crippen LogP contribution in [0.25, 0.3) is 0 Å². The molecule has 1 aromatic carbocycles. The van der Waals surface area contributed by atoms with Gasteiger partial charge in [-0.05, 0) is 19.1 Å². The topological polar surface area (TPSA) is 82.0 Å². The third-order valence-electron chi connectivity index (χ3n) is 1.69. The molecule has 0 unspecified atom stereocenters. The molecule has 2 N–H and O–H groups in total. The van der Waals surface area contributed by atoms with Crippen LogP contribution in [-0.4, -0.2) is 11.8 Å². The highest BCUT2D eigenvalue weighted by molar-refractivity contribution is 6.39. The van der Waals surface area contributed by atoms with Crippen molar-refractivity contribution in [1.29, 1.82) is 5.26 Å². The van der Waals surface area contributed by atoms with Gasteiger partial charge in [0.25, 0.3) is 0 Å². The van der Waals surface area contributed by atoms with Crippen molar-refractivity contribution in [3.63, 3.8) is 0 Å². The number of rotatable bonds is 1. The van der Waals surface area contributed by atoms with Crippen molar-refractivity contribution in [3.05, 3.63) is 29.8 Å². The molecule has 5 nitrogen and oxygen atoms in total. The molecule has 0 saturated heterocycles. The van der Waals surface area contributed by atoms with Crippen LogP contribution in [0, 0.1) is 18.4 Å². The maximum Gasteiger partial charge on any atom is 0.322 e. The first kappa shape index (κ1) is 10.7. The Bertz CT molecular complexity index is 417. The van der Waals surface area contributed by atoms with Gasteiger partial charge < -0.3 is 5.32 Å². The Hall–Kier alpha value is -2.35. The number of benzene rings is 1. The molecule has 0 radical (unpaired) electrons. The van der Waals surface area contributed by atoms with Gasteiger partial charge in [0.1, 0.15) is 0 Å². The lowest BCUT2D eigenvalue weighted by Crippen LogP contribution is -2.32. The maximum atomic E-state index is 11.1. The Kier molecular flexibility index (Phi) is 3.41. The molecule has 0 aliphatic rings. The molecule has 5 heteroatoms. The Balaban J connectivity index is 2.63. The monoisotopic (exact) mass is 203 g/mol. The van der Waals surface area contributed by atoms with Crippen LogP contribution in [0.15, 0.2) is 24.3 Å². The van der Waals surface area contributed by atoms with Crippen molar-refractivity contribution in [2.24, 2.45) is 0 Å². The number of hydrogen-bond acceptors (Lipinski definition) is 3. The van der Waals surface area contributed by atoms with Gasteiger partial charge in [0.15, 0.2) is 6.19 Å². The summed E-state index contributed by atoms with van der Waals surface area (Å²) in [6, 6.07) is 6.95. The van der Waals surface area contributed by atoms with Gasteiger partial charge in [0.2, 0.25) is 0 Å². The second-order valence-electron chi connectivity index (χ2n) is 2.89. The molecular weight excluding hydrogens is 194 g/mol. The predicted octanol–water partition coefficient (Wildman–Crippen LogP) is 0.531. The van der Waals surface area contributed by atoms with E-state index in [1.54, 1.807) is 29.6 Å². The smallest absolute Gasteiger partial charge is 0.318 e. The molecule has 0 heterocycles. The molecule has 0 aliphatic carbocycles. The van der Waals surface area contributed by atoms with Crippen molar-refractivity contribution in [3.8, 4) is 6.19 Å². The van der Waals surface area contributed by atoms with Gasteiger partial charge in [-0.15, -0.1) is 0 Å². The van der Waals surface area contributed by atoms with E-state index < -0.39 is 11.8 Å². The predicted molar refractivity (Wildman–Crippen MR) is 53.6 cm³/mol. The highest BCUT2D eigenvalue weighted by atomic mass is 16.2. The standard InChI is InChI=1S/C10H9N3O2/c1-7-2-4-8(5-3-7)13-10(15)9(14)12-6-11/h2-5H,1H3,(H,12,14)(H,13,15). The number of amides is 2. The molecular formula is C10H9N3O2. The third kappa shape index (κ3) is 3.12. The minimum Gasteiger partial charge on any atom is -0.318 e. The first-order valence-electron chi connectivity index (χ1n) is 4.20. The van der Waals surface area contributed by atoms with E-state index in [1.165, 1.54) is 6.19 Å². The Labute approximate surface area is 86.7 Å². The highest BCUT2D eigenvalue weighted by Crippen LogP contribution is 2.07. The van der Waals surface area contributed by atoms with E-state index in [-0.39, 0.29) is 0 Å². The quantitative estimate of drug-likeness (QED) is 0.397. The van der Waals surface area contributed by atoms with Crippen molar-refractivity contribution in [2.45, 2.75) is 6.92 Å². The van der Waals surface area contributed by atoms with Gasteiger partial charge in [-0.2, -0.15) is 5.26 Å². The van der Waals surface area contributed by atoms with E-state index in [9.17, 15) is 9.59 Å². The summed E-state index contributed by atoms with van der Waals surface area (Å²) in [6.45, 7) is 1.91. The van der Waals surface area contributed by atoms with Gasteiger partial charge in [0, 0.05) is 5.69 Å². The second kappa shape index (κ2) is 4.77. The molecule has 0 bridgehead atoms. The zero-order valence-corrected chi connectivity index (χ0v) is 8.07. The summed E-state index contributed by atoms with van der Waals surface area (Å²) in [5.74, 6) is -1.83. The van der Waals surface area contributed by atoms with Gasteiger partial charge in [-0.25, -0.2) is 0 Å². The van der Waals surface area contributed by atoms with Crippen LogP contribution < -0.4 is 10.6 Å². The van der Waals surface area contributed by atoms with Crippen LogP contribution in [0.5, 0.6) is 0 Å². The molecule has 0 aliphatic heterocycles. The lowest BCUT2D eigenvalue weighted by atomic mass is 10.2. The number of carbonyl (C=O) groups is 2. The van der Waals surface area contributed by atoms with E-state index in [4.69, 9.17) is 5.26 Å². The molecule has 0 aromatic heterocycles. The van der Waals surface area contributed by atoms with E-state index >= 15 is 0 Å². The Morgan fingerprint density at radius 3 is 2.33 bits per heavy atom. The van der Waals surface area contributed by atoms with Crippen LogP contribution in [0.4, 0.5) is 5.69 Å². The van der Waals surface area contributed by atoms with Gasteiger partial charge >= 0.3 is 11.8 Å². The number of anilines is 1. The minimum absolute atomic E-state index is 0.513. The normalized spacial score (nSPS) is 8.80. The first-order valence-corrected chi connectivity index (χ1v) is 4.20. The van der Waals surface area contributed by atoms with E-state index in [1.807, 2.05) is 6.92 Å². The number of aryl methyl sites for hydroxylation is 1. The summed E-state index contributed by atoms with van der Waals surface area (Å²) < 4.78 is 0. The fourth-order valence-corrected chi connectivity index (χ4v) is 0.932. The number of nitrogens with zero attached hydrogens (tertiary/aromatic N) is 1. The maximum absolute atomic E-state index is 11.1. The van der Waals surface area contributed by atoms with Gasteiger partial charge in [-0.3, -0.25) is 14.9 Å². The van der Waals surface area contributed by atoms with Crippen LogP contribution in [0.2, 0.25) is 0 Å². The first-order chi connectivity index (χ1) is 7.13. The number of nitriles is 1. The molecule has 76 valence electrons. The number of carbonyl (C=O) groups excluding carboxylic acids is 2. The molecule has 2 amide bonds. The summed E-state index contributed by atoms with van der Waals surface area (Å²) >= 11 is 0. The van der Waals surface area contributed by atoms with Crippen LogP contribution >= 0.6 is 0 Å². The molecule has 15 heavy (non-hydrogen) atoms. The molecule has 1 aromatic rings. The number of hydrogen-bond donors (Lipinski definition) is 2. The average molecular weight is 203 g/mol. The molecule has 1 rings (SSSR count). The largest absolute Gasteiger partial charge is 0.322 e. The second-order valence-corrected chi connectivity index (χ2v) is 2.89. The van der Waals surface area contributed by atoms with Crippen LogP contribution in [0.3, 0.4) is 0 Å². The molecule has 0 atom stereocenters. The fourth-order valence-electron chi connectivity index (χ4n) is 0.932. The van der Waals surface area contributed by atoms with E-state index in [2.05, 4.69) is 5.32 Å². The molecule has 0 fully saturated rings. The molecule has 0 saturated carbocycles. The Morgan fingerprint density at radius 1 is 1.20 bits per heavy atom. The summed E-state index contributed by atoms with van der Waals surface area (Å²) in [4.78, 5) is 22.0. The highest BCUT2D eigenvalue weighted by Gasteiger charge is 2.12. The van der Waals surface area contributed by atoms with Crippen molar-refractivity contribution < 1.29 is 9.59 Å². The van der Waals surface area contributed by atoms with Crippen molar-refractivity contribution in [1.82, 2.24) is 5.32 Å². The lowest BCUT2D eigenvalue weighted by Gasteiger charge is -2.02. The molecule has 0 spiro atoms.